The molecule has 0 heterocycles. The predicted octanol–water partition coefficient (Wildman–Crippen LogP) is 3.14. The molecule has 1 aromatic carbocycles. The van der Waals surface area contributed by atoms with Gasteiger partial charge in [-0.25, -0.2) is 4.79 Å². The molecule has 0 aliphatic rings. The van der Waals surface area contributed by atoms with Crippen LogP contribution in [-0.4, -0.2) is 17.1 Å². The van der Waals surface area contributed by atoms with E-state index in [2.05, 4.69) is 21.2 Å². The molecule has 0 saturated heterocycles. The Hall–Kier alpha value is -0.870. The molecule has 0 bridgehead atoms. The van der Waals surface area contributed by atoms with Crippen molar-refractivity contribution in [1.82, 2.24) is 5.32 Å². The Morgan fingerprint density at radius 2 is 2.18 bits per heavy atom. The third-order valence-corrected chi connectivity index (χ3v) is 3.24. The van der Waals surface area contributed by atoms with Gasteiger partial charge in [-0.3, -0.25) is 5.32 Å². The summed E-state index contributed by atoms with van der Waals surface area (Å²) >= 11 is 3.38. The maximum Gasteiger partial charge on any atom is 0.328 e. The molecule has 0 fully saturated rings. The van der Waals surface area contributed by atoms with Gasteiger partial charge in [0.25, 0.3) is 0 Å². The number of aliphatic carboxylic acids is 1. The van der Waals surface area contributed by atoms with Crippen LogP contribution in [0.2, 0.25) is 0 Å². The lowest BCUT2D eigenvalue weighted by molar-refractivity contribution is -0.146. The number of halogens is 1. The third-order valence-electron chi connectivity index (χ3n) is 2.75. The molecule has 0 radical (unpaired) electrons. The van der Waals surface area contributed by atoms with Crippen LogP contribution >= 0.6 is 15.9 Å². The molecule has 94 valence electrons. The van der Waals surface area contributed by atoms with E-state index in [0.29, 0.717) is 6.42 Å². The average molecular weight is 300 g/mol. The van der Waals surface area contributed by atoms with Gasteiger partial charge < -0.3 is 5.11 Å². The van der Waals surface area contributed by atoms with E-state index in [1.165, 1.54) is 0 Å². The molecule has 3 nitrogen and oxygen atoms in total. The first-order valence-electron chi connectivity index (χ1n) is 5.69. The second-order valence-corrected chi connectivity index (χ2v) is 5.29. The predicted molar refractivity (Wildman–Crippen MR) is 72.0 cm³/mol. The van der Waals surface area contributed by atoms with Gasteiger partial charge in [-0.15, -0.1) is 0 Å². The van der Waals surface area contributed by atoms with Crippen molar-refractivity contribution in [3.05, 3.63) is 34.3 Å². The topological polar surface area (TPSA) is 49.3 Å². The summed E-state index contributed by atoms with van der Waals surface area (Å²) in [5.74, 6) is -0.841. The van der Waals surface area contributed by atoms with Crippen molar-refractivity contribution in [2.75, 3.05) is 0 Å². The molecular formula is C13H18BrNO2. The highest BCUT2D eigenvalue weighted by atomic mass is 79.9. The molecule has 0 aliphatic carbocycles. The van der Waals surface area contributed by atoms with Crippen LogP contribution in [0, 0.1) is 0 Å². The lowest BCUT2D eigenvalue weighted by atomic mass is 9.86. The maximum absolute atomic E-state index is 11.6. The molecule has 0 aliphatic heterocycles. The molecule has 0 saturated carbocycles. The number of hydrogen-bond donors (Lipinski definition) is 2. The van der Waals surface area contributed by atoms with E-state index >= 15 is 0 Å². The molecular weight excluding hydrogens is 282 g/mol. The maximum atomic E-state index is 11.6. The fraction of sp³-hybridized carbons (Fsp3) is 0.462. The summed E-state index contributed by atoms with van der Waals surface area (Å²) < 4.78 is 0.889. The summed E-state index contributed by atoms with van der Waals surface area (Å²) in [7, 11) is 0. The summed E-state index contributed by atoms with van der Waals surface area (Å²) in [6, 6.07) is 7.55. The Bertz CT molecular complexity index is 406. The number of benzene rings is 1. The summed E-state index contributed by atoms with van der Waals surface area (Å²) in [4.78, 5) is 11.6. The van der Waals surface area contributed by atoms with Crippen molar-refractivity contribution in [1.29, 1.82) is 0 Å². The monoisotopic (exact) mass is 299 g/mol. The van der Waals surface area contributed by atoms with E-state index in [9.17, 15) is 9.90 Å². The quantitative estimate of drug-likeness (QED) is 0.878. The van der Waals surface area contributed by atoms with Crippen molar-refractivity contribution in [2.24, 2.45) is 0 Å². The molecule has 1 atom stereocenters. The van der Waals surface area contributed by atoms with Crippen LogP contribution in [0.5, 0.6) is 0 Å². The number of hydrogen-bond acceptors (Lipinski definition) is 2. The minimum absolute atomic E-state index is 0.102. The number of nitrogens with one attached hydrogen (secondary N) is 1. The van der Waals surface area contributed by atoms with Gasteiger partial charge in [-0.1, -0.05) is 35.0 Å². The normalized spacial score (nSPS) is 14.6. The Labute approximate surface area is 110 Å². The molecule has 0 aromatic heterocycles. The number of carboxylic acid groups (broad SMARTS) is 1. The largest absolute Gasteiger partial charge is 0.480 e. The second-order valence-electron chi connectivity index (χ2n) is 4.37. The van der Waals surface area contributed by atoms with Gasteiger partial charge in [0.1, 0.15) is 5.54 Å². The first-order chi connectivity index (χ1) is 7.92. The molecule has 17 heavy (non-hydrogen) atoms. The summed E-state index contributed by atoms with van der Waals surface area (Å²) in [6.07, 6.45) is 0.497. The molecule has 1 unspecified atom stereocenters. The molecule has 2 N–H and O–H groups in total. The van der Waals surface area contributed by atoms with Gasteiger partial charge in [-0.05, 0) is 38.0 Å². The smallest absolute Gasteiger partial charge is 0.328 e. The Balaban J connectivity index is 3.26. The zero-order chi connectivity index (χ0) is 13.1. The summed E-state index contributed by atoms with van der Waals surface area (Å²) in [6.45, 7) is 5.78. The Morgan fingerprint density at radius 3 is 2.59 bits per heavy atom. The van der Waals surface area contributed by atoms with E-state index < -0.39 is 11.5 Å². The van der Waals surface area contributed by atoms with Gasteiger partial charge in [0.15, 0.2) is 0 Å². The van der Waals surface area contributed by atoms with Crippen molar-refractivity contribution in [3.63, 3.8) is 0 Å². The van der Waals surface area contributed by atoms with Crippen LogP contribution in [0.25, 0.3) is 0 Å². The van der Waals surface area contributed by atoms with E-state index in [-0.39, 0.29) is 6.04 Å². The zero-order valence-corrected chi connectivity index (χ0v) is 11.9. The van der Waals surface area contributed by atoms with E-state index in [1.807, 2.05) is 45.0 Å². The first-order valence-corrected chi connectivity index (χ1v) is 6.49. The zero-order valence-electron chi connectivity index (χ0n) is 10.3. The van der Waals surface area contributed by atoms with Crippen LogP contribution in [-0.2, 0) is 10.3 Å². The lowest BCUT2D eigenvalue weighted by Crippen LogP contribution is -2.51. The fourth-order valence-corrected chi connectivity index (χ4v) is 2.37. The van der Waals surface area contributed by atoms with Crippen molar-refractivity contribution in [2.45, 2.75) is 38.8 Å². The second kappa shape index (κ2) is 5.65. The van der Waals surface area contributed by atoms with Crippen LogP contribution < -0.4 is 5.32 Å². The van der Waals surface area contributed by atoms with Crippen molar-refractivity contribution in [3.8, 4) is 0 Å². The molecule has 1 aromatic rings. The van der Waals surface area contributed by atoms with Gasteiger partial charge in [-0.2, -0.15) is 0 Å². The first kappa shape index (κ1) is 14.2. The van der Waals surface area contributed by atoms with Crippen molar-refractivity contribution >= 4 is 21.9 Å². The molecule has 0 spiro atoms. The minimum Gasteiger partial charge on any atom is -0.480 e. The average Bonchev–Trinajstić information content (AvgIpc) is 2.25. The fourth-order valence-electron chi connectivity index (χ4n) is 1.97. The third kappa shape index (κ3) is 3.07. The van der Waals surface area contributed by atoms with Crippen LogP contribution in [0.3, 0.4) is 0 Å². The van der Waals surface area contributed by atoms with Gasteiger partial charge in [0.2, 0.25) is 0 Å². The van der Waals surface area contributed by atoms with Gasteiger partial charge in [0.05, 0.1) is 0 Å². The number of carbonyl (C=O) groups is 1. The molecule has 4 heteroatoms. The summed E-state index contributed by atoms with van der Waals surface area (Å²) in [5.41, 5.74) is -0.242. The number of rotatable bonds is 5. The van der Waals surface area contributed by atoms with E-state index in [1.54, 1.807) is 0 Å². The Kier molecular flexibility index (Phi) is 4.71. The van der Waals surface area contributed by atoms with Crippen molar-refractivity contribution < 1.29 is 9.90 Å². The van der Waals surface area contributed by atoms with Crippen LogP contribution in [0.15, 0.2) is 28.7 Å². The standard InChI is InChI=1S/C13H18BrNO2/c1-4-13(12(16)17,15-9(2)3)10-6-5-7-11(14)8-10/h5-9,15H,4H2,1-3H3,(H,16,17). The van der Waals surface area contributed by atoms with Crippen LogP contribution in [0.1, 0.15) is 32.8 Å². The Morgan fingerprint density at radius 1 is 1.53 bits per heavy atom. The summed E-state index contributed by atoms with van der Waals surface area (Å²) in [5, 5.41) is 12.7. The van der Waals surface area contributed by atoms with Gasteiger partial charge >= 0.3 is 5.97 Å². The van der Waals surface area contributed by atoms with Gasteiger partial charge in [0, 0.05) is 10.5 Å². The SMILES string of the molecule is CCC(NC(C)C)(C(=O)O)c1cccc(Br)c1. The highest BCUT2D eigenvalue weighted by Gasteiger charge is 2.38. The number of carboxylic acids is 1. The lowest BCUT2D eigenvalue weighted by Gasteiger charge is -2.32. The molecule has 1 rings (SSSR count). The van der Waals surface area contributed by atoms with Crippen LogP contribution in [0.4, 0.5) is 0 Å². The minimum atomic E-state index is -1.02. The van der Waals surface area contributed by atoms with E-state index in [0.717, 1.165) is 10.0 Å². The highest BCUT2D eigenvalue weighted by molar-refractivity contribution is 9.10. The van der Waals surface area contributed by atoms with E-state index in [4.69, 9.17) is 0 Å². The highest BCUT2D eigenvalue weighted by Crippen LogP contribution is 2.28. The molecule has 0 amide bonds.